The van der Waals surface area contributed by atoms with E-state index in [0.717, 1.165) is 30.9 Å². The van der Waals surface area contributed by atoms with Crippen LogP contribution in [0.25, 0.3) is 0 Å². The molecule has 5 heteroatoms. The number of nitrogens with zero attached hydrogens (tertiary/aromatic N) is 1. The van der Waals surface area contributed by atoms with Crippen molar-refractivity contribution in [1.29, 1.82) is 0 Å². The van der Waals surface area contributed by atoms with Gasteiger partial charge in [0.15, 0.2) is 0 Å². The molecule has 0 saturated carbocycles. The van der Waals surface area contributed by atoms with Gasteiger partial charge in [-0.15, -0.1) is 0 Å². The van der Waals surface area contributed by atoms with Gasteiger partial charge in [0, 0.05) is 30.2 Å². The lowest BCUT2D eigenvalue weighted by molar-refractivity contribution is 0.0177. The molecule has 2 heterocycles. The van der Waals surface area contributed by atoms with Crippen LogP contribution >= 0.6 is 0 Å². The van der Waals surface area contributed by atoms with Crippen molar-refractivity contribution < 1.29 is 14.3 Å². The first-order valence-corrected chi connectivity index (χ1v) is 10.5. The van der Waals surface area contributed by atoms with Crippen molar-refractivity contribution in [3.8, 4) is 11.5 Å². The van der Waals surface area contributed by atoms with E-state index < -0.39 is 0 Å². The van der Waals surface area contributed by atoms with Crippen LogP contribution < -0.4 is 14.8 Å². The molecular weight excluding hydrogens is 364 g/mol. The molecule has 0 spiro atoms. The van der Waals surface area contributed by atoms with Gasteiger partial charge < -0.3 is 14.8 Å². The number of nitrogens with one attached hydrogen (secondary N) is 1. The molecule has 2 fully saturated rings. The Morgan fingerprint density at radius 2 is 1.48 bits per heavy atom. The Morgan fingerprint density at radius 3 is 2.03 bits per heavy atom. The summed E-state index contributed by atoms with van der Waals surface area (Å²) >= 11 is 0. The quantitative estimate of drug-likeness (QED) is 0.804. The first-order chi connectivity index (χ1) is 14.2. The zero-order valence-corrected chi connectivity index (χ0v) is 17.3. The number of hydrogen-bond donors (Lipinski definition) is 1. The van der Waals surface area contributed by atoms with Gasteiger partial charge in [-0.1, -0.05) is 18.6 Å². The van der Waals surface area contributed by atoms with E-state index in [-0.39, 0.29) is 11.9 Å². The van der Waals surface area contributed by atoms with Crippen molar-refractivity contribution in [2.45, 2.75) is 56.8 Å². The molecule has 0 unspecified atom stereocenters. The Kier molecular flexibility index (Phi) is 6.05. The Bertz CT molecular complexity index is 805. The van der Waals surface area contributed by atoms with Crippen LogP contribution in [0.2, 0.25) is 0 Å². The Morgan fingerprint density at radius 1 is 0.931 bits per heavy atom. The van der Waals surface area contributed by atoms with Crippen LogP contribution in [-0.2, 0) is 6.54 Å². The van der Waals surface area contributed by atoms with E-state index in [1.165, 1.54) is 24.8 Å². The molecule has 29 heavy (non-hydrogen) atoms. The summed E-state index contributed by atoms with van der Waals surface area (Å²) in [6, 6.07) is 17.0. The summed E-state index contributed by atoms with van der Waals surface area (Å²) in [6.07, 6.45) is 5.75. The molecule has 2 saturated heterocycles. The molecule has 154 valence electrons. The highest BCUT2D eigenvalue weighted by Gasteiger charge is 2.38. The smallest absolute Gasteiger partial charge is 0.251 e. The second-order valence-electron chi connectivity index (χ2n) is 8.13. The van der Waals surface area contributed by atoms with E-state index >= 15 is 0 Å². The van der Waals surface area contributed by atoms with E-state index in [0.29, 0.717) is 17.6 Å². The molecule has 1 amide bonds. The van der Waals surface area contributed by atoms with Crippen molar-refractivity contribution in [3.63, 3.8) is 0 Å². The molecule has 0 aliphatic carbocycles. The van der Waals surface area contributed by atoms with E-state index in [1.807, 2.05) is 36.4 Å². The molecule has 2 aliphatic heterocycles. The normalized spacial score (nSPS) is 24.0. The minimum absolute atomic E-state index is 0.0133. The maximum atomic E-state index is 12.7. The highest BCUT2D eigenvalue weighted by Crippen LogP contribution is 2.35. The van der Waals surface area contributed by atoms with Crippen molar-refractivity contribution in [3.05, 3.63) is 59.7 Å². The lowest BCUT2D eigenvalue weighted by Crippen LogP contribution is -2.56. The summed E-state index contributed by atoms with van der Waals surface area (Å²) in [4.78, 5) is 15.3. The highest BCUT2D eigenvalue weighted by atomic mass is 16.5. The number of carbonyl (C=O) groups is 1. The highest BCUT2D eigenvalue weighted by molar-refractivity contribution is 5.94. The summed E-state index contributed by atoms with van der Waals surface area (Å²) < 4.78 is 10.5. The summed E-state index contributed by atoms with van der Waals surface area (Å²) in [5.41, 5.74) is 2.01. The molecule has 2 aromatic carbocycles. The lowest BCUT2D eigenvalue weighted by atomic mass is 9.81. The molecule has 0 radical (unpaired) electrons. The molecule has 2 aliphatic rings. The van der Waals surface area contributed by atoms with Crippen molar-refractivity contribution in [2.24, 2.45) is 0 Å². The number of carbonyl (C=O) groups excluding carboxylic acids is 1. The van der Waals surface area contributed by atoms with Gasteiger partial charge in [0.05, 0.1) is 14.2 Å². The number of hydrogen-bond acceptors (Lipinski definition) is 4. The number of piperidine rings is 2. The number of benzene rings is 2. The molecular formula is C24H30N2O3. The topological polar surface area (TPSA) is 50.8 Å². The fraction of sp³-hybridized carbons (Fsp3) is 0.458. The van der Waals surface area contributed by atoms with Gasteiger partial charge in [-0.3, -0.25) is 9.69 Å². The Balaban J connectivity index is 1.38. The number of amides is 1. The predicted octanol–water partition coefficient (Wildman–Crippen LogP) is 4.02. The first-order valence-electron chi connectivity index (χ1n) is 10.5. The van der Waals surface area contributed by atoms with E-state index in [4.69, 9.17) is 9.47 Å². The third kappa shape index (κ3) is 4.56. The average Bonchev–Trinajstić information content (AvgIpc) is 2.75. The Hall–Kier alpha value is -2.53. The minimum Gasteiger partial charge on any atom is -0.497 e. The van der Waals surface area contributed by atoms with Gasteiger partial charge in [-0.25, -0.2) is 0 Å². The van der Waals surface area contributed by atoms with Crippen LogP contribution in [0.3, 0.4) is 0 Å². The SMILES string of the molecule is COc1ccc(CN2[C@H]3CCC[C@H]2CC(NC(=O)c2ccc(OC)cc2)C3)cc1. The zero-order valence-electron chi connectivity index (χ0n) is 17.3. The maximum absolute atomic E-state index is 12.7. The van der Waals surface area contributed by atoms with E-state index in [2.05, 4.69) is 22.3 Å². The minimum atomic E-state index is 0.0133. The summed E-state index contributed by atoms with van der Waals surface area (Å²) in [5.74, 6) is 1.68. The van der Waals surface area contributed by atoms with Crippen LogP contribution in [0.1, 0.15) is 48.0 Å². The van der Waals surface area contributed by atoms with Crippen LogP contribution in [0, 0.1) is 0 Å². The van der Waals surface area contributed by atoms with Gasteiger partial charge in [0.25, 0.3) is 5.91 Å². The number of methoxy groups -OCH3 is 2. The number of rotatable bonds is 6. The molecule has 2 aromatic rings. The first kappa shape index (κ1) is 19.8. The zero-order chi connectivity index (χ0) is 20.2. The number of ether oxygens (including phenoxy) is 2. The second kappa shape index (κ2) is 8.87. The van der Waals surface area contributed by atoms with Crippen LogP contribution in [0.15, 0.2) is 48.5 Å². The molecule has 5 nitrogen and oxygen atoms in total. The third-order valence-electron chi connectivity index (χ3n) is 6.34. The van der Waals surface area contributed by atoms with Gasteiger partial charge in [0.1, 0.15) is 11.5 Å². The summed E-state index contributed by atoms with van der Waals surface area (Å²) in [7, 11) is 3.33. The molecule has 1 N–H and O–H groups in total. The fourth-order valence-electron chi connectivity index (χ4n) is 4.81. The van der Waals surface area contributed by atoms with Crippen LogP contribution in [0.5, 0.6) is 11.5 Å². The largest absolute Gasteiger partial charge is 0.497 e. The van der Waals surface area contributed by atoms with Gasteiger partial charge in [-0.05, 0) is 67.6 Å². The summed E-state index contributed by atoms with van der Waals surface area (Å²) in [6.45, 7) is 0.971. The Labute approximate surface area is 173 Å². The number of fused-ring (bicyclic) bond motifs is 2. The van der Waals surface area contributed by atoms with Crippen molar-refractivity contribution in [2.75, 3.05) is 14.2 Å². The molecule has 4 rings (SSSR count). The van der Waals surface area contributed by atoms with Crippen LogP contribution in [-0.4, -0.2) is 43.2 Å². The van der Waals surface area contributed by atoms with E-state index in [9.17, 15) is 4.79 Å². The van der Waals surface area contributed by atoms with E-state index in [1.54, 1.807) is 14.2 Å². The molecule has 2 bridgehead atoms. The monoisotopic (exact) mass is 394 g/mol. The fourth-order valence-corrected chi connectivity index (χ4v) is 4.81. The second-order valence-corrected chi connectivity index (χ2v) is 8.13. The molecule has 0 aromatic heterocycles. The van der Waals surface area contributed by atoms with Gasteiger partial charge in [-0.2, -0.15) is 0 Å². The van der Waals surface area contributed by atoms with Gasteiger partial charge >= 0.3 is 0 Å². The third-order valence-corrected chi connectivity index (χ3v) is 6.34. The maximum Gasteiger partial charge on any atom is 0.251 e. The predicted molar refractivity (Wildman–Crippen MR) is 113 cm³/mol. The summed E-state index contributed by atoms with van der Waals surface area (Å²) in [5, 5.41) is 3.28. The molecule has 2 atom stereocenters. The lowest BCUT2D eigenvalue weighted by Gasteiger charge is -2.49. The average molecular weight is 395 g/mol. The van der Waals surface area contributed by atoms with Gasteiger partial charge in [0.2, 0.25) is 0 Å². The van der Waals surface area contributed by atoms with Crippen LogP contribution in [0.4, 0.5) is 0 Å². The van der Waals surface area contributed by atoms with Crippen molar-refractivity contribution >= 4 is 5.91 Å². The standard InChI is InChI=1S/C24H30N2O3/c1-28-22-10-6-17(7-11-22)16-26-20-4-3-5-21(26)15-19(14-20)25-24(27)18-8-12-23(29-2)13-9-18/h6-13,19-21H,3-5,14-16H2,1-2H3,(H,25,27)/t20-,21-/m0/s1. The van der Waals surface area contributed by atoms with Crippen molar-refractivity contribution in [1.82, 2.24) is 10.2 Å².